The molecule has 2 bridgehead atoms. The molecule has 4 rings (SSSR count). The number of aryl methyl sites for hydroxylation is 1. The van der Waals surface area contributed by atoms with Gasteiger partial charge in [0.15, 0.2) is 0 Å². The van der Waals surface area contributed by atoms with Crippen LogP contribution < -0.4 is 16.4 Å². The molecule has 5 atom stereocenters. The third kappa shape index (κ3) is 5.81. The molecule has 2 fully saturated rings. The number of hydrogen-bond donors (Lipinski definition) is 3. The van der Waals surface area contributed by atoms with E-state index < -0.39 is 0 Å². The maximum Gasteiger partial charge on any atom is 0.239 e. The number of amides is 3. The van der Waals surface area contributed by atoms with Crippen molar-refractivity contribution in [2.24, 2.45) is 29.4 Å². The number of benzene rings is 2. The Balaban J connectivity index is 1.33. The summed E-state index contributed by atoms with van der Waals surface area (Å²) in [5.41, 5.74) is 7.90. The van der Waals surface area contributed by atoms with E-state index in [9.17, 15) is 14.4 Å². The standard InChI is InChI=1S/C27H33N3O3/c28-26(32)24-20-13-14-21(16-20)25(24)30-23(31)17-29-27(33)22(15-19-9-5-2-6-10-19)12-11-18-7-3-1-4-8-18/h1-10,20-22,24-25H,11-17H2,(H2,28,32)(H,29,33)(H,30,31). The van der Waals surface area contributed by atoms with Crippen LogP contribution in [0.2, 0.25) is 0 Å². The number of nitrogens with two attached hydrogens (primary N) is 1. The van der Waals surface area contributed by atoms with E-state index in [0.717, 1.165) is 31.2 Å². The molecule has 6 heteroatoms. The van der Waals surface area contributed by atoms with Crippen molar-refractivity contribution in [1.82, 2.24) is 10.6 Å². The van der Waals surface area contributed by atoms with Crippen LogP contribution in [0.5, 0.6) is 0 Å². The molecular formula is C27H33N3O3. The molecule has 5 unspecified atom stereocenters. The van der Waals surface area contributed by atoms with Crippen molar-refractivity contribution in [2.45, 2.75) is 44.6 Å². The Bertz CT molecular complexity index is 963. The van der Waals surface area contributed by atoms with Gasteiger partial charge in [0.2, 0.25) is 17.7 Å². The predicted molar refractivity (Wildman–Crippen MR) is 127 cm³/mol. The molecule has 2 aliphatic carbocycles. The fraction of sp³-hybridized carbons (Fsp3) is 0.444. The highest BCUT2D eigenvalue weighted by Crippen LogP contribution is 2.48. The van der Waals surface area contributed by atoms with E-state index in [0.29, 0.717) is 18.8 Å². The van der Waals surface area contributed by atoms with Crippen LogP contribution in [0.1, 0.15) is 36.8 Å². The van der Waals surface area contributed by atoms with Gasteiger partial charge in [0.05, 0.1) is 12.5 Å². The quantitative estimate of drug-likeness (QED) is 0.522. The molecule has 0 radical (unpaired) electrons. The van der Waals surface area contributed by atoms with Crippen LogP contribution in [0.25, 0.3) is 0 Å². The van der Waals surface area contributed by atoms with E-state index in [1.165, 1.54) is 5.56 Å². The topological polar surface area (TPSA) is 101 Å². The van der Waals surface area contributed by atoms with Crippen molar-refractivity contribution in [2.75, 3.05) is 6.54 Å². The zero-order valence-corrected chi connectivity index (χ0v) is 18.9. The number of fused-ring (bicyclic) bond motifs is 2. The van der Waals surface area contributed by atoms with E-state index >= 15 is 0 Å². The molecular weight excluding hydrogens is 414 g/mol. The summed E-state index contributed by atoms with van der Waals surface area (Å²) in [7, 11) is 0. The fourth-order valence-corrected chi connectivity index (χ4v) is 5.67. The van der Waals surface area contributed by atoms with E-state index in [-0.39, 0.29) is 48.1 Å². The Hall–Kier alpha value is -3.15. The third-order valence-electron chi connectivity index (χ3n) is 7.32. The van der Waals surface area contributed by atoms with E-state index in [2.05, 4.69) is 22.8 Å². The van der Waals surface area contributed by atoms with Crippen LogP contribution in [0.15, 0.2) is 60.7 Å². The Morgan fingerprint density at radius 3 is 2.21 bits per heavy atom. The maximum absolute atomic E-state index is 13.0. The number of nitrogens with one attached hydrogen (secondary N) is 2. The minimum absolute atomic E-state index is 0.0885. The summed E-state index contributed by atoms with van der Waals surface area (Å²) < 4.78 is 0. The van der Waals surface area contributed by atoms with Gasteiger partial charge in [-0.2, -0.15) is 0 Å². The SMILES string of the molecule is NC(=O)C1C2CCC(C2)C1NC(=O)CNC(=O)C(CCc1ccccc1)Cc1ccccc1. The third-order valence-corrected chi connectivity index (χ3v) is 7.32. The first-order valence-electron chi connectivity index (χ1n) is 12.0. The zero-order chi connectivity index (χ0) is 23.2. The second-order valence-electron chi connectivity index (χ2n) is 9.48. The van der Waals surface area contributed by atoms with Gasteiger partial charge in [-0.15, -0.1) is 0 Å². The summed E-state index contributed by atoms with van der Waals surface area (Å²) in [5, 5.41) is 5.82. The molecule has 2 aromatic rings. The second kappa shape index (κ2) is 10.6. The van der Waals surface area contributed by atoms with Crippen LogP contribution in [0.3, 0.4) is 0 Å². The van der Waals surface area contributed by atoms with Gasteiger partial charge in [-0.3, -0.25) is 14.4 Å². The summed E-state index contributed by atoms with van der Waals surface area (Å²) in [4.78, 5) is 37.6. The van der Waals surface area contributed by atoms with Crippen LogP contribution in [-0.2, 0) is 27.2 Å². The monoisotopic (exact) mass is 447 g/mol. The van der Waals surface area contributed by atoms with E-state index in [4.69, 9.17) is 5.73 Å². The van der Waals surface area contributed by atoms with Gasteiger partial charge >= 0.3 is 0 Å². The maximum atomic E-state index is 13.0. The van der Waals surface area contributed by atoms with Crippen molar-refractivity contribution in [1.29, 1.82) is 0 Å². The highest BCUT2D eigenvalue weighted by molar-refractivity contribution is 5.87. The number of carbonyl (C=O) groups is 3. The molecule has 174 valence electrons. The molecule has 0 saturated heterocycles. The van der Waals surface area contributed by atoms with Crippen molar-refractivity contribution in [3.8, 4) is 0 Å². The lowest BCUT2D eigenvalue weighted by atomic mass is 9.84. The van der Waals surface area contributed by atoms with Gasteiger partial charge in [-0.05, 0) is 61.5 Å². The summed E-state index contributed by atoms with van der Waals surface area (Å²) in [6.45, 7) is -0.0885. The molecule has 3 amide bonds. The Labute approximate surface area is 195 Å². The molecule has 0 aliphatic heterocycles. The van der Waals surface area contributed by atoms with Gasteiger partial charge < -0.3 is 16.4 Å². The van der Waals surface area contributed by atoms with Gasteiger partial charge in [0.1, 0.15) is 0 Å². The zero-order valence-electron chi connectivity index (χ0n) is 18.9. The first-order valence-corrected chi connectivity index (χ1v) is 12.0. The number of rotatable bonds is 10. The van der Waals surface area contributed by atoms with Crippen LogP contribution in [-0.4, -0.2) is 30.3 Å². The largest absolute Gasteiger partial charge is 0.369 e. The van der Waals surface area contributed by atoms with Crippen molar-refractivity contribution < 1.29 is 14.4 Å². The lowest BCUT2D eigenvalue weighted by Gasteiger charge is -2.29. The molecule has 0 heterocycles. The first kappa shape index (κ1) is 23.0. The predicted octanol–water partition coefficient (Wildman–Crippen LogP) is 2.61. The van der Waals surface area contributed by atoms with Gasteiger partial charge in [-0.25, -0.2) is 0 Å². The Kier molecular flexibility index (Phi) is 7.43. The van der Waals surface area contributed by atoms with Gasteiger partial charge in [-0.1, -0.05) is 60.7 Å². The number of carbonyl (C=O) groups excluding carboxylic acids is 3. The van der Waals surface area contributed by atoms with Crippen molar-refractivity contribution in [3.05, 3.63) is 71.8 Å². The molecule has 0 aromatic heterocycles. The van der Waals surface area contributed by atoms with Crippen molar-refractivity contribution >= 4 is 17.7 Å². The summed E-state index contributed by atoms with van der Waals surface area (Å²) in [6.07, 6.45) is 5.08. The Morgan fingerprint density at radius 1 is 0.909 bits per heavy atom. The molecule has 33 heavy (non-hydrogen) atoms. The first-order chi connectivity index (χ1) is 16.0. The normalized spacial score (nSPS) is 24.2. The van der Waals surface area contributed by atoms with Crippen LogP contribution in [0, 0.1) is 23.7 Å². The van der Waals surface area contributed by atoms with Crippen LogP contribution >= 0.6 is 0 Å². The molecule has 2 saturated carbocycles. The highest BCUT2D eigenvalue weighted by Gasteiger charge is 2.50. The van der Waals surface area contributed by atoms with Gasteiger partial charge in [0.25, 0.3) is 0 Å². The fourth-order valence-electron chi connectivity index (χ4n) is 5.67. The molecule has 4 N–H and O–H groups in total. The molecule has 6 nitrogen and oxygen atoms in total. The highest BCUT2D eigenvalue weighted by atomic mass is 16.2. The average Bonchev–Trinajstić information content (AvgIpc) is 3.43. The van der Waals surface area contributed by atoms with Crippen LogP contribution in [0.4, 0.5) is 0 Å². The molecule has 2 aromatic carbocycles. The minimum Gasteiger partial charge on any atom is -0.369 e. The lowest BCUT2D eigenvalue weighted by Crippen LogP contribution is -2.51. The molecule has 2 aliphatic rings. The molecule has 0 spiro atoms. The minimum atomic E-state index is -0.333. The van der Waals surface area contributed by atoms with Crippen molar-refractivity contribution in [3.63, 3.8) is 0 Å². The number of primary amides is 1. The van der Waals surface area contributed by atoms with E-state index in [1.807, 2.05) is 48.5 Å². The average molecular weight is 448 g/mol. The summed E-state index contributed by atoms with van der Waals surface area (Å²) in [6, 6.07) is 19.9. The lowest BCUT2D eigenvalue weighted by molar-refractivity contribution is -0.130. The summed E-state index contributed by atoms with van der Waals surface area (Å²) in [5.74, 6) is -0.649. The Morgan fingerprint density at radius 2 is 1.55 bits per heavy atom. The van der Waals surface area contributed by atoms with E-state index in [1.54, 1.807) is 0 Å². The second-order valence-corrected chi connectivity index (χ2v) is 9.48. The number of hydrogen-bond acceptors (Lipinski definition) is 3. The summed E-state index contributed by atoms with van der Waals surface area (Å²) >= 11 is 0. The smallest absolute Gasteiger partial charge is 0.239 e. The van der Waals surface area contributed by atoms with Gasteiger partial charge in [0, 0.05) is 12.0 Å².